The van der Waals surface area contributed by atoms with E-state index in [0.29, 0.717) is 32.5 Å². The molecule has 0 radical (unpaired) electrons. The number of carbonyl (C=O) groups is 2. The highest BCUT2D eigenvalue weighted by atomic mass is 32.1. The fourth-order valence-corrected chi connectivity index (χ4v) is 4.06. The van der Waals surface area contributed by atoms with Gasteiger partial charge in [-0.15, -0.1) is 11.3 Å². The standard InChI is InChI=1S/C20H24N2O3S/c1-21(14-16-6-3-4-7-17(16)25-2)19(23)15-9-11-22(12-10-15)20(24)18-8-5-13-26-18/h3-8,13,15H,9-12,14H2,1-2H3. The van der Waals surface area contributed by atoms with Crippen molar-refractivity contribution in [2.45, 2.75) is 19.4 Å². The number of amides is 2. The van der Waals surface area contributed by atoms with Crippen molar-refractivity contribution in [1.82, 2.24) is 9.80 Å². The number of methoxy groups -OCH3 is 1. The number of thiophene rings is 1. The van der Waals surface area contributed by atoms with Crippen LogP contribution in [0.5, 0.6) is 5.75 Å². The van der Waals surface area contributed by atoms with Crippen molar-refractivity contribution in [1.29, 1.82) is 0 Å². The Morgan fingerprint density at radius 2 is 1.92 bits per heavy atom. The molecule has 1 aromatic carbocycles. The van der Waals surface area contributed by atoms with E-state index in [1.165, 1.54) is 11.3 Å². The van der Waals surface area contributed by atoms with E-state index >= 15 is 0 Å². The second-order valence-corrected chi connectivity index (χ2v) is 7.50. The van der Waals surface area contributed by atoms with Crippen LogP contribution in [0.3, 0.4) is 0 Å². The zero-order valence-corrected chi connectivity index (χ0v) is 16.0. The van der Waals surface area contributed by atoms with Gasteiger partial charge in [0.15, 0.2) is 0 Å². The minimum atomic E-state index is -0.0258. The first-order valence-corrected chi connectivity index (χ1v) is 9.67. The summed E-state index contributed by atoms with van der Waals surface area (Å²) in [5.74, 6) is 0.984. The Balaban J connectivity index is 1.55. The van der Waals surface area contributed by atoms with Crippen LogP contribution < -0.4 is 4.74 Å². The number of para-hydroxylation sites is 1. The van der Waals surface area contributed by atoms with Crippen molar-refractivity contribution in [3.05, 3.63) is 52.2 Å². The van der Waals surface area contributed by atoms with Gasteiger partial charge in [-0.3, -0.25) is 9.59 Å². The molecule has 0 saturated carbocycles. The largest absolute Gasteiger partial charge is 0.496 e. The van der Waals surface area contributed by atoms with Crippen LogP contribution in [0.25, 0.3) is 0 Å². The Kier molecular flexibility index (Phi) is 5.93. The summed E-state index contributed by atoms with van der Waals surface area (Å²) in [4.78, 5) is 29.6. The van der Waals surface area contributed by atoms with E-state index in [9.17, 15) is 9.59 Å². The van der Waals surface area contributed by atoms with Crippen LogP contribution in [0.4, 0.5) is 0 Å². The number of carbonyl (C=O) groups excluding carboxylic acids is 2. The lowest BCUT2D eigenvalue weighted by Crippen LogP contribution is -2.43. The molecule has 0 N–H and O–H groups in total. The van der Waals surface area contributed by atoms with Crippen LogP contribution in [-0.2, 0) is 11.3 Å². The third-order valence-corrected chi connectivity index (χ3v) is 5.70. The maximum atomic E-state index is 12.8. The average molecular weight is 372 g/mol. The van der Waals surface area contributed by atoms with E-state index in [0.717, 1.165) is 16.2 Å². The first kappa shape index (κ1) is 18.5. The van der Waals surface area contributed by atoms with Gasteiger partial charge in [0.2, 0.25) is 5.91 Å². The van der Waals surface area contributed by atoms with Crippen LogP contribution in [0.1, 0.15) is 28.1 Å². The van der Waals surface area contributed by atoms with Gasteiger partial charge >= 0.3 is 0 Å². The zero-order chi connectivity index (χ0) is 18.5. The Bertz CT molecular complexity index is 752. The maximum absolute atomic E-state index is 12.8. The number of benzene rings is 1. The summed E-state index contributed by atoms with van der Waals surface area (Å²) in [7, 11) is 3.47. The molecule has 0 aliphatic carbocycles. The smallest absolute Gasteiger partial charge is 0.263 e. The van der Waals surface area contributed by atoms with Gasteiger partial charge in [0, 0.05) is 38.2 Å². The molecule has 0 bridgehead atoms. The van der Waals surface area contributed by atoms with E-state index < -0.39 is 0 Å². The first-order chi connectivity index (χ1) is 12.6. The summed E-state index contributed by atoms with van der Waals surface area (Å²) in [5.41, 5.74) is 0.996. The normalized spacial score (nSPS) is 14.9. The molecule has 1 saturated heterocycles. The molecular weight excluding hydrogens is 348 g/mol. The Morgan fingerprint density at radius 1 is 1.19 bits per heavy atom. The highest BCUT2D eigenvalue weighted by Gasteiger charge is 2.30. The van der Waals surface area contributed by atoms with Crippen molar-refractivity contribution >= 4 is 23.2 Å². The molecule has 2 aromatic rings. The number of nitrogens with zero attached hydrogens (tertiary/aromatic N) is 2. The third kappa shape index (κ3) is 4.07. The third-order valence-electron chi connectivity index (χ3n) is 4.84. The zero-order valence-electron chi connectivity index (χ0n) is 15.2. The van der Waals surface area contributed by atoms with Gasteiger partial charge in [-0.1, -0.05) is 24.3 Å². The summed E-state index contributed by atoms with van der Waals surface area (Å²) in [5, 5.41) is 1.91. The second-order valence-electron chi connectivity index (χ2n) is 6.55. The fourth-order valence-electron chi connectivity index (χ4n) is 3.36. The Labute approximate surface area is 158 Å². The van der Waals surface area contributed by atoms with Crippen LogP contribution in [-0.4, -0.2) is 48.9 Å². The highest BCUT2D eigenvalue weighted by Crippen LogP contribution is 2.24. The number of ether oxygens (including phenoxy) is 1. The van der Waals surface area contributed by atoms with Crippen molar-refractivity contribution < 1.29 is 14.3 Å². The molecule has 138 valence electrons. The van der Waals surface area contributed by atoms with Gasteiger partial charge in [0.25, 0.3) is 5.91 Å². The lowest BCUT2D eigenvalue weighted by atomic mass is 9.95. The molecule has 0 spiro atoms. The van der Waals surface area contributed by atoms with Gasteiger partial charge in [-0.2, -0.15) is 0 Å². The monoisotopic (exact) mass is 372 g/mol. The van der Waals surface area contributed by atoms with Crippen molar-refractivity contribution in [2.24, 2.45) is 5.92 Å². The molecule has 6 heteroatoms. The van der Waals surface area contributed by atoms with E-state index in [1.54, 1.807) is 12.0 Å². The lowest BCUT2D eigenvalue weighted by molar-refractivity contribution is -0.136. The molecular formula is C20H24N2O3S. The second kappa shape index (κ2) is 8.36. The summed E-state index contributed by atoms with van der Waals surface area (Å²) < 4.78 is 5.37. The number of likely N-dealkylation sites (tertiary alicyclic amines) is 1. The van der Waals surface area contributed by atoms with Gasteiger partial charge in [-0.25, -0.2) is 0 Å². The topological polar surface area (TPSA) is 49.9 Å². The SMILES string of the molecule is COc1ccccc1CN(C)C(=O)C1CCN(C(=O)c2cccs2)CC1. The quantitative estimate of drug-likeness (QED) is 0.809. The lowest BCUT2D eigenvalue weighted by Gasteiger charge is -2.33. The molecule has 1 aliphatic heterocycles. The molecule has 0 atom stereocenters. The minimum absolute atomic E-state index is 0.0258. The number of hydrogen-bond acceptors (Lipinski definition) is 4. The summed E-state index contributed by atoms with van der Waals surface area (Å²) in [6.45, 7) is 1.79. The van der Waals surface area contributed by atoms with E-state index in [2.05, 4.69) is 0 Å². The summed E-state index contributed by atoms with van der Waals surface area (Å²) >= 11 is 1.46. The van der Waals surface area contributed by atoms with Gasteiger partial charge in [0.1, 0.15) is 5.75 Å². The molecule has 1 aromatic heterocycles. The molecule has 0 unspecified atom stereocenters. The van der Waals surface area contributed by atoms with Crippen LogP contribution in [0, 0.1) is 5.92 Å². The maximum Gasteiger partial charge on any atom is 0.263 e. The predicted octanol–water partition coefficient (Wildman–Crippen LogP) is 3.27. The van der Waals surface area contributed by atoms with Crippen LogP contribution >= 0.6 is 11.3 Å². The van der Waals surface area contributed by atoms with Crippen LogP contribution in [0.2, 0.25) is 0 Å². The average Bonchev–Trinajstić information content (AvgIpc) is 3.22. The molecule has 2 amide bonds. The molecule has 1 aliphatic rings. The number of hydrogen-bond donors (Lipinski definition) is 0. The molecule has 5 nitrogen and oxygen atoms in total. The first-order valence-electron chi connectivity index (χ1n) is 8.79. The highest BCUT2D eigenvalue weighted by molar-refractivity contribution is 7.12. The molecule has 3 rings (SSSR count). The van der Waals surface area contributed by atoms with Crippen molar-refractivity contribution in [2.75, 3.05) is 27.2 Å². The van der Waals surface area contributed by atoms with Gasteiger partial charge in [0.05, 0.1) is 12.0 Å². The minimum Gasteiger partial charge on any atom is -0.496 e. The van der Waals surface area contributed by atoms with Gasteiger partial charge < -0.3 is 14.5 Å². The predicted molar refractivity (Wildman–Crippen MR) is 102 cm³/mol. The fraction of sp³-hybridized carbons (Fsp3) is 0.400. The van der Waals surface area contributed by atoms with Gasteiger partial charge in [-0.05, 0) is 30.4 Å². The summed E-state index contributed by atoms with van der Waals surface area (Å²) in [6, 6.07) is 11.5. The van der Waals surface area contributed by atoms with E-state index in [1.807, 2.05) is 53.7 Å². The Hall–Kier alpha value is -2.34. The number of rotatable bonds is 5. The van der Waals surface area contributed by atoms with E-state index in [4.69, 9.17) is 4.74 Å². The molecule has 2 heterocycles. The van der Waals surface area contributed by atoms with Crippen LogP contribution in [0.15, 0.2) is 41.8 Å². The van der Waals surface area contributed by atoms with Crippen molar-refractivity contribution in [3.8, 4) is 5.75 Å². The summed E-state index contributed by atoms with van der Waals surface area (Å²) in [6.07, 6.45) is 1.43. The number of piperidine rings is 1. The van der Waals surface area contributed by atoms with Crippen molar-refractivity contribution in [3.63, 3.8) is 0 Å². The Morgan fingerprint density at radius 3 is 2.58 bits per heavy atom. The van der Waals surface area contributed by atoms with E-state index in [-0.39, 0.29) is 17.7 Å². The molecule has 26 heavy (non-hydrogen) atoms. The molecule has 1 fully saturated rings.